The lowest BCUT2D eigenvalue weighted by Gasteiger charge is -2.22. The van der Waals surface area contributed by atoms with Gasteiger partial charge in [0, 0.05) is 38.9 Å². The van der Waals surface area contributed by atoms with Gasteiger partial charge in [0.2, 0.25) is 5.91 Å². The molecule has 10 heteroatoms. The number of aryl methyl sites for hydroxylation is 1. The smallest absolute Gasteiger partial charge is 0.324 e. The predicted octanol–water partition coefficient (Wildman–Crippen LogP) is 1.11. The Labute approximate surface area is 177 Å². The minimum absolute atomic E-state index is 0. The van der Waals surface area contributed by atoms with Crippen LogP contribution < -0.4 is 10.6 Å². The highest BCUT2D eigenvalue weighted by Gasteiger charge is 2.27. The van der Waals surface area contributed by atoms with Gasteiger partial charge in [0.25, 0.3) is 0 Å². The molecule has 0 spiro atoms. The first kappa shape index (κ1) is 23.2. The second kappa shape index (κ2) is 10.5. The van der Waals surface area contributed by atoms with Crippen molar-refractivity contribution in [3.8, 4) is 0 Å². The largest absolute Gasteiger partial charge is 0.357 e. The summed E-state index contributed by atoms with van der Waals surface area (Å²) >= 11 is 0. The highest BCUT2D eigenvalue weighted by Crippen LogP contribution is 2.18. The number of carbonyl (C=O) groups excluding carboxylic acids is 2. The number of nitrogens with one attached hydrogen (secondary N) is 2. The molecule has 1 saturated heterocycles. The predicted molar refractivity (Wildman–Crippen MR) is 115 cm³/mol. The number of hydrogen-bond acceptors (Lipinski definition) is 4. The van der Waals surface area contributed by atoms with E-state index in [1.54, 1.807) is 0 Å². The molecule has 1 aromatic heterocycles. The summed E-state index contributed by atoms with van der Waals surface area (Å²) < 4.78 is 1.83. The van der Waals surface area contributed by atoms with E-state index in [0.29, 0.717) is 19.0 Å². The molecule has 2 heterocycles. The Morgan fingerprint density at radius 3 is 2.70 bits per heavy atom. The first-order valence-electron chi connectivity index (χ1n) is 8.93. The standard InChI is InChI=1S/C17H29N7O2.HI/c1-6-18-16(19-7-8-24-14(25)9-20-17(24)26)22(4)10-13-11-23(5)21-15(13)12(2)3;/h11-12H,6-10H2,1-5H3,(H,18,19)(H,20,26);1H. The number of imide groups is 1. The molecule has 9 nitrogen and oxygen atoms in total. The fourth-order valence-corrected chi connectivity index (χ4v) is 2.90. The Hall–Kier alpha value is -1.85. The number of nitrogens with zero attached hydrogens (tertiary/aromatic N) is 5. The average molecular weight is 491 g/mol. The van der Waals surface area contributed by atoms with E-state index in [0.717, 1.165) is 23.8 Å². The van der Waals surface area contributed by atoms with Crippen LogP contribution in [0.1, 0.15) is 37.9 Å². The van der Waals surface area contributed by atoms with E-state index < -0.39 is 0 Å². The van der Waals surface area contributed by atoms with Gasteiger partial charge in [-0.15, -0.1) is 24.0 Å². The number of halogens is 1. The highest BCUT2D eigenvalue weighted by atomic mass is 127. The van der Waals surface area contributed by atoms with Crippen LogP contribution in [0.15, 0.2) is 11.2 Å². The van der Waals surface area contributed by atoms with Gasteiger partial charge in [-0.3, -0.25) is 19.4 Å². The van der Waals surface area contributed by atoms with Gasteiger partial charge in [0.15, 0.2) is 5.96 Å². The maximum atomic E-state index is 11.6. The number of rotatable bonds is 7. The van der Waals surface area contributed by atoms with E-state index >= 15 is 0 Å². The molecule has 0 unspecified atom stereocenters. The topological polar surface area (TPSA) is 94.9 Å². The van der Waals surface area contributed by atoms with E-state index in [1.165, 1.54) is 4.90 Å². The summed E-state index contributed by atoms with van der Waals surface area (Å²) in [4.78, 5) is 31.0. The fraction of sp³-hybridized carbons (Fsp3) is 0.647. The van der Waals surface area contributed by atoms with Crippen LogP contribution in [0.3, 0.4) is 0 Å². The quantitative estimate of drug-likeness (QED) is 0.258. The van der Waals surface area contributed by atoms with E-state index in [4.69, 9.17) is 0 Å². The van der Waals surface area contributed by atoms with Gasteiger partial charge in [-0.25, -0.2) is 4.79 Å². The average Bonchev–Trinajstić information content (AvgIpc) is 3.10. The number of amides is 3. The van der Waals surface area contributed by atoms with Gasteiger partial charge < -0.3 is 15.5 Å². The second-order valence-electron chi connectivity index (χ2n) is 6.66. The van der Waals surface area contributed by atoms with Crippen molar-refractivity contribution < 1.29 is 9.59 Å². The molecule has 0 radical (unpaired) electrons. The molecule has 0 aromatic carbocycles. The molecule has 152 valence electrons. The van der Waals surface area contributed by atoms with Crippen molar-refractivity contribution in [2.24, 2.45) is 12.0 Å². The molecule has 1 fully saturated rings. The van der Waals surface area contributed by atoms with Crippen molar-refractivity contribution >= 4 is 41.9 Å². The van der Waals surface area contributed by atoms with E-state index in [2.05, 4.69) is 34.6 Å². The second-order valence-corrected chi connectivity index (χ2v) is 6.66. The van der Waals surface area contributed by atoms with E-state index in [9.17, 15) is 9.59 Å². The van der Waals surface area contributed by atoms with Crippen molar-refractivity contribution in [1.82, 2.24) is 30.2 Å². The minimum atomic E-state index is -0.347. The molecule has 3 amide bonds. The Morgan fingerprint density at radius 2 is 2.15 bits per heavy atom. The number of aliphatic imine (C=N–C) groups is 1. The lowest BCUT2D eigenvalue weighted by molar-refractivity contribution is -0.124. The lowest BCUT2D eigenvalue weighted by atomic mass is 10.1. The fourth-order valence-electron chi connectivity index (χ4n) is 2.90. The van der Waals surface area contributed by atoms with Crippen LogP contribution >= 0.6 is 24.0 Å². The maximum absolute atomic E-state index is 11.6. The molecule has 1 aromatic rings. The summed E-state index contributed by atoms with van der Waals surface area (Å²) in [7, 11) is 3.89. The molecular weight excluding hydrogens is 461 g/mol. The first-order valence-corrected chi connectivity index (χ1v) is 8.93. The Bertz CT molecular complexity index is 671. The molecule has 2 rings (SSSR count). The normalized spacial score (nSPS) is 14.4. The van der Waals surface area contributed by atoms with Gasteiger partial charge in [0.1, 0.15) is 0 Å². The third-order valence-electron chi connectivity index (χ3n) is 4.11. The van der Waals surface area contributed by atoms with Gasteiger partial charge in [-0.1, -0.05) is 13.8 Å². The van der Waals surface area contributed by atoms with E-state index in [1.807, 2.05) is 36.8 Å². The molecule has 0 bridgehead atoms. The molecule has 1 aliphatic rings. The molecule has 1 aliphatic heterocycles. The molecule has 0 saturated carbocycles. The first-order chi connectivity index (χ1) is 12.3. The summed E-state index contributed by atoms with van der Waals surface area (Å²) in [5.74, 6) is 0.873. The van der Waals surface area contributed by atoms with Crippen molar-refractivity contribution in [2.45, 2.75) is 33.2 Å². The van der Waals surface area contributed by atoms with Crippen LogP contribution in [0.2, 0.25) is 0 Å². The van der Waals surface area contributed by atoms with Crippen LogP contribution in [0.5, 0.6) is 0 Å². The monoisotopic (exact) mass is 491 g/mol. The number of urea groups is 1. The van der Waals surface area contributed by atoms with Gasteiger partial charge in [-0.05, 0) is 12.8 Å². The van der Waals surface area contributed by atoms with Crippen LogP contribution in [0.4, 0.5) is 4.79 Å². The Balaban J connectivity index is 0.00000364. The van der Waals surface area contributed by atoms with Crippen molar-refractivity contribution in [3.05, 3.63) is 17.5 Å². The zero-order valence-corrected chi connectivity index (χ0v) is 19.0. The number of carbonyl (C=O) groups is 2. The molecule has 0 aliphatic carbocycles. The van der Waals surface area contributed by atoms with Crippen LogP contribution in [0.25, 0.3) is 0 Å². The zero-order valence-electron chi connectivity index (χ0n) is 16.7. The third-order valence-corrected chi connectivity index (χ3v) is 4.11. The highest BCUT2D eigenvalue weighted by molar-refractivity contribution is 14.0. The summed E-state index contributed by atoms with van der Waals surface area (Å²) in [5.41, 5.74) is 2.24. The SMILES string of the molecule is CCNC(=NCCN1C(=O)CNC1=O)N(C)Cc1cn(C)nc1C(C)C.I. The van der Waals surface area contributed by atoms with Gasteiger partial charge >= 0.3 is 6.03 Å². The Kier molecular flexibility index (Phi) is 9.00. The van der Waals surface area contributed by atoms with Crippen molar-refractivity contribution in [2.75, 3.05) is 33.2 Å². The summed E-state index contributed by atoms with van der Waals surface area (Å²) in [6, 6.07) is -0.347. The third kappa shape index (κ3) is 6.08. The summed E-state index contributed by atoms with van der Waals surface area (Å²) in [6.45, 7) is 8.37. The van der Waals surface area contributed by atoms with Crippen LogP contribution in [-0.4, -0.2) is 70.7 Å². The van der Waals surface area contributed by atoms with Crippen LogP contribution in [-0.2, 0) is 18.4 Å². The number of aromatic nitrogens is 2. The molecule has 2 N–H and O–H groups in total. The van der Waals surface area contributed by atoms with Crippen molar-refractivity contribution in [1.29, 1.82) is 0 Å². The van der Waals surface area contributed by atoms with Crippen molar-refractivity contribution in [3.63, 3.8) is 0 Å². The molecule has 27 heavy (non-hydrogen) atoms. The van der Waals surface area contributed by atoms with Crippen LogP contribution in [0, 0.1) is 0 Å². The van der Waals surface area contributed by atoms with Gasteiger partial charge in [-0.2, -0.15) is 5.10 Å². The Morgan fingerprint density at radius 1 is 1.44 bits per heavy atom. The maximum Gasteiger partial charge on any atom is 0.324 e. The van der Waals surface area contributed by atoms with E-state index in [-0.39, 0.29) is 49.0 Å². The lowest BCUT2D eigenvalue weighted by Crippen LogP contribution is -2.39. The number of guanidine groups is 1. The molecular formula is C17H30IN7O2. The number of hydrogen-bond donors (Lipinski definition) is 2. The molecule has 0 atom stereocenters. The summed E-state index contributed by atoms with van der Waals surface area (Å²) in [5, 5.41) is 10.3. The summed E-state index contributed by atoms with van der Waals surface area (Å²) in [6.07, 6.45) is 2.03. The zero-order chi connectivity index (χ0) is 19.3. The minimum Gasteiger partial charge on any atom is -0.357 e. The van der Waals surface area contributed by atoms with Gasteiger partial charge in [0.05, 0.1) is 25.3 Å².